The Morgan fingerprint density at radius 1 is 1.17 bits per heavy atom. The summed E-state index contributed by atoms with van der Waals surface area (Å²) in [6.45, 7) is 4.88. The number of rotatable bonds is 1. The lowest BCUT2D eigenvalue weighted by molar-refractivity contribution is -0.137. The highest BCUT2D eigenvalue weighted by atomic mass is 19.4. The van der Waals surface area contributed by atoms with Gasteiger partial charge in [-0.05, 0) is 39.0 Å². The van der Waals surface area contributed by atoms with Gasteiger partial charge >= 0.3 is 12.1 Å². The molecule has 6 heteroatoms. The van der Waals surface area contributed by atoms with Crippen molar-refractivity contribution in [2.45, 2.75) is 32.5 Å². The number of halogens is 3. The van der Waals surface area contributed by atoms with Crippen molar-refractivity contribution in [3.63, 3.8) is 0 Å². The maximum atomic E-state index is 12.5. The van der Waals surface area contributed by atoms with Crippen LogP contribution in [-0.2, 0) is 10.9 Å². The summed E-state index contributed by atoms with van der Waals surface area (Å²) in [6.07, 6.45) is -4.55. The third kappa shape index (κ3) is 3.94. The maximum Gasteiger partial charge on any atom is 0.416 e. The third-order valence-corrected chi connectivity index (χ3v) is 1.92. The summed E-state index contributed by atoms with van der Waals surface area (Å²) in [5.74, 6) is -0.833. The van der Waals surface area contributed by atoms with E-state index in [1.807, 2.05) is 0 Å². The van der Waals surface area contributed by atoms with Crippen molar-refractivity contribution < 1.29 is 22.7 Å². The Labute approximate surface area is 103 Å². The number of benzene rings is 1. The molecule has 0 saturated carbocycles. The molecule has 1 aromatic rings. The van der Waals surface area contributed by atoms with E-state index in [0.29, 0.717) is 0 Å². The number of hydrogen-bond donors (Lipinski definition) is 1. The fraction of sp³-hybridized carbons (Fsp3) is 0.417. The van der Waals surface area contributed by atoms with Gasteiger partial charge in [-0.1, -0.05) is 0 Å². The largest absolute Gasteiger partial charge is 0.456 e. The van der Waals surface area contributed by atoms with E-state index in [0.717, 1.165) is 18.2 Å². The van der Waals surface area contributed by atoms with Crippen molar-refractivity contribution in [1.29, 1.82) is 0 Å². The number of nitrogen functional groups attached to an aromatic ring is 1. The Bertz CT molecular complexity index is 461. The monoisotopic (exact) mass is 261 g/mol. The lowest BCUT2D eigenvalue weighted by Crippen LogP contribution is -2.24. The van der Waals surface area contributed by atoms with Crippen LogP contribution in [-0.4, -0.2) is 11.6 Å². The first-order valence-electron chi connectivity index (χ1n) is 5.20. The SMILES string of the molecule is CC(C)(C)OC(=O)c1cc(N)cc(C(F)(F)F)c1. The zero-order valence-electron chi connectivity index (χ0n) is 10.3. The summed E-state index contributed by atoms with van der Waals surface area (Å²) in [4.78, 5) is 11.6. The minimum absolute atomic E-state index is 0.134. The van der Waals surface area contributed by atoms with Crippen molar-refractivity contribution >= 4 is 11.7 Å². The molecular formula is C12H14F3NO2. The summed E-state index contributed by atoms with van der Waals surface area (Å²) < 4.78 is 42.6. The summed E-state index contributed by atoms with van der Waals surface area (Å²) in [7, 11) is 0. The number of hydrogen-bond acceptors (Lipinski definition) is 3. The standard InChI is InChI=1S/C12H14F3NO2/c1-11(2,3)18-10(17)7-4-8(12(13,14)15)6-9(16)5-7/h4-6H,16H2,1-3H3. The molecular weight excluding hydrogens is 247 g/mol. The summed E-state index contributed by atoms with van der Waals surface area (Å²) in [5, 5.41) is 0. The molecule has 0 aromatic heterocycles. The van der Waals surface area contributed by atoms with Gasteiger partial charge in [0.05, 0.1) is 11.1 Å². The van der Waals surface area contributed by atoms with Crippen LogP contribution >= 0.6 is 0 Å². The molecule has 0 amide bonds. The molecule has 0 aliphatic rings. The molecule has 0 aliphatic carbocycles. The van der Waals surface area contributed by atoms with Gasteiger partial charge in [0.2, 0.25) is 0 Å². The Morgan fingerprint density at radius 2 is 1.72 bits per heavy atom. The van der Waals surface area contributed by atoms with Crippen molar-refractivity contribution in [2.75, 3.05) is 5.73 Å². The van der Waals surface area contributed by atoms with Crippen LogP contribution in [0.1, 0.15) is 36.7 Å². The van der Waals surface area contributed by atoms with Gasteiger partial charge < -0.3 is 10.5 Å². The van der Waals surface area contributed by atoms with E-state index in [2.05, 4.69) is 0 Å². The first kappa shape index (κ1) is 14.3. The number of carbonyl (C=O) groups is 1. The molecule has 0 unspecified atom stereocenters. The minimum atomic E-state index is -4.55. The highest BCUT2D eigenvalue weighted by Gasteiger charge is 2.32. The van der Waals surface area contributed by atoms with Crippen LogP contribution in [0.2, 0.25) is 0 Å². The molecule has 18 heavy (non-hydrogen) atoms. The van der Waals surface area contributed by atoms with Crippen LogP contribution in [0.4, 0.5) is 18.9 Å². The van der Waals surface area contributed by atoms with E-state index in [9.17, 15) is 18.0 Å². The summed E-state index contributed by atoms with van der Waals surface area (Å²) >= 11 is 0. The Balaban J connectivity index is 3.11. The lowest BCUT2D eigenvalue weighted by Gasteiger charge is -2.20. The summed E-state index contributed by atoms with van der Waals surface area (Å²) in [6, 6.07) is 2.65. The number of anilines is 1. The van der Waals surface area contributed by atoms with Gasteiger partial charge in [0.25, 0.3) is 0 Å². The van der Waals surface area contributed by atoms with Crippen molar-refractivity contribution in [3.8, 4) is 0 Å². The summed E-state index contributed by atoms with van der Waals surface area (Å²) in [5.41, 5.74) is 3.26. The Hall–Kier alpha value is -1.72. The molecule has 0 saturated heterocycles. The normalized spacial score (nSPS) is 12.3. The number of nitrogens with two attached hydrogens (primary N) is 1. The van der Waals surface area contributed by atoms with E-state index in [1.54, 1.807) is 20.8 Å². The number of alkyl halides is 3. The Morgan fingerprint density at radius 3 is 2.17 bits per heavy atom. The molecule has 0 bridgehead atoms. The molecule has 3 nitrogen and oxygen atoms in total. The van der Waals surface area contributed by atoms with Crippen LogP contribution in [0.15, 0.2) is 18.2 Å². The first-order valence-corrected chi connectivity index (χ1v) is 5.20. The zero-order valence-corrected chi connectivity index (χ0v) is 10.3. The van der Waals surface area contributed by atoms with Gasteiger partial charge in [0, 0.05) is 5.69 Å². The smallest absolute Gasteiger partial charge is 0.416 e. The highest BCUT2D eigenvalue weighted by Crippen LogP contribution is 2.31. The highest BCUT2D eigenvalue weighted by molar-refractivity contribution is 5.91. The molecule has 0 spiro atoms. The average Bonchev–Trinajstić information content (AvgIpc) is 2.12. The van der Waals surface area contributed by atoms with Gasteiger partial charge in [-0.2, -0.15) is 13.2 Å². The van der Waals surface area contributed by atoms with Crippen molar-refractivity contribution in [1.82, 2.24) is 0 Å². The number of carbonyl (C=O) groups excluding carboxylic acids is 1. The lowest BCUT2D eigenvalue weighted by atomic mass is 10.1. The molecule has 0 heterocycles. The second-order valence-electron chi connectivity index (χ2n) is 4.84. The van der Waals surface area contributed by atoms with E-state index in [-0.39, 0.29) is 11.3 Å². The molecule has 0 fully saturated rings. The molecule has 1 rings (SSSR count). The molecule has 0 aliphatic heterocycles. The van der Waals surface area contributed by atoms with Gasteiger partial charge in [-0.25, -0.2) is 4.79 Å². The topological polar surface area (TPSA) is 52.3 Å². The Kier molecular flexibility index (Phi) is 3.59. The van der Waals surface area contributed by atoms with Crippen LogP contribution in [0.25, 0.3) is 0 Å². The molecule has 2 N–H and O–H groups in total. The fourth-order valence-corrected chi connectivity index (χ4v) is 1.27. The average molecular weight is 261 g/mol. The second-order valence-corrected chi connectivity index (χ2v) is 4.84. The van der Waals surface area contributed by atoms with E-state index >= 15 is 0 Å². The van der Waals surface area contributed by atoms with Gasteiger partial charge in [-0.15, -0.1) is 0 Å². The van der Waals surface area contributed by atoms with Gasteiger partial charge in [0.15, 0.2) is 0 Å². The minimum Gasteiger partial charge on any atom is -0.456 e. The fourth-order valence-electron chi connectivity index (χ4n) is 1.27. The van der Waals surface area contributed by atoms with Crippen molar-refractivity contribution in [2.24, 2.45) is 0 Å². The number of esters is 1. The van der Waals surface area contributed by atoms with E-state index < -0.39 is 23.3 Å². The molecule has 0 radical (unpaired) electrons. The van der Waals surface area contributed by atoms with E-state index in [1.165, 1.54) is 0 Å². The van der Waals surface area contributed by atoms with E-state index in [4.69, 9.17) is 10.5 Å². The van der Waals surface area contributed by atoms with Crippen LogP contribution in [0.5, 0.6) is 0 Å². The van der Waals surface area contributed by atoms with Gasteiger partial charge in [-0.3, -0.25) is 0 Å². The predicted octanol–water partition coefficient (Wildman–Crippen LogP) is 3.24. The zero-order chi connectivity index (χ0) is 14.1. The third-order valence-electron chi connectivity index (χ3n) is 1.92. The molecule has 100 valence electrons. The molecule has 1 aromatic carbocycles. The van der Waals surface area contributed by atoms with Crippen LogP contribution in [0, 0.1) is 0 Å². The van der Waals surface area contributed by atoms with Crippen LogP contribution < -0.4 is 5.73 Å². The van der Waals surface area contributed by atoms with Crippen LogP contribution in [0.3, 0.4) is 0 Å². The predicted molar refractivity (Wildman–Crippen MR) is 61.0 cm³/mol. The molecule has 0 atom stereocenters. The van der Waals surface area contributed by atoms with Crippen molar-refractivity contribution in [3.05, 3.63) is 29.3 Å². The first-order chi connectivity index (χ1) is 7.99. The van der Waals surface area contributed by atoms with Gasteiger partial charge in [0.1, 0.15) is 5.60 Å². The maximum absolute atomic E-state index is 12.5. The quantitative estimate of drug-likeness (QED) is 0.623. The second kappa shape index (κ2) is 4.51. The number of ether oxygens (including phenoxy) is 1.